The molecule has 2 aliphatic heterocycles. The number of ether oxygens (including phenoxy) is 1. The Morgan fingerprint density at radius 3 is 2.71 bits per heavy atom. The molecule has 1 fully saturated rings. The summed E-state index contributed by atoms with van der Waals surface area (Å²) in [6, 6.07) is 2.87. The molecule has 11 heteroatoms. The van der Waals surface area contributed by atoms with Crippen molar-refractivity contribution in [2.45, 2.75) is 37.8 Å². The molecule has 144 valence electrons. The molecule has 0 radical (unpaired) electrons. The zero-order chi connectivity index (χ0) is 19.7. The molecule has 1 aromatic heterocycles. The fourth-order valence-corrected chi connectivity index (χ4v) is 5.22. The molecule has 0 saturated carbocycles. The summed E-state index contributed by atoms with van der Waals surface area (Å²) in [5.41, 5.74) is 0.0319. The molecule has 2 amide bonds. The van der Waals surface area contributed by atoms with E-state index in [1.165, 1.54) is 30.0 Å². The van der Waals surface area contributed by atoms with Gasteiger partial charge in [-0.1, -0.05) is 6.07 Å². The number of carboxylic acids is 1. The van der Waals surface area contributed by atoms with Crippen molar-refractivity contribution in [1.82, 2.24) is 10.2 Å². The number of nitrogens with one attached hydrogen (secondary N) is 1. The Hall–Kier alpha value is -1.33. The Labute approximate surface area is 192 Å². The van der Waals surface area contributed by atoms with Crippen LogP contribution in [0.4, 0.5) is 0 Å². The minimum absolute atomic E-state index is 0. The first-order valence-electron chi connectivity index (χ1n) is 8.17. The summed E-state index contributed by atoms with van der Waals surface area (Å²) in [4.78, 5) is 49.4. The standard InChI is InChI=1S/C17H18N2O6S2.Na/c1-8(25-9(2)20)11-7-27-16-13(15(22)19(16)14(11)17(23)24)18-12(21)6-10-4-3-5-26-10;/h3-5,8,13,16H,6-7H2,1-2H3,(H,18,21)(H,23,24);/q;+1/p-1/t8?,13-,16-;/m1./s1. The summed E-state index contributed by atoms with van der Waals surface area (Å²) >= 11 is 2.76. The number of rotatable bonds is 6. The van der Waals surface area contributed by atoms with Crippen molar-refractivity contribution >= 4 is 46.9 Å². The van der Waals surface area contributed by atoms with Crippen molar-refractivity contribution < 1.29 is 58.6 Å². The largest absolute Gasteiger partial charge is 1.00 e. The Kier molecular flexibility index (Phi) is 7.74. The van der Waals surface area contributed by atoms with Gasteiger partial charge in [0.15, 0.2) is 0 Å². The van der Waals surface area contributed by atoms with Gasteiger partial charge in [-0.3, -0.25) is 19.3 Å². The van der Waals surface area contributed by atoms with Crippen molar-refractivity contribution in [2.24, 2.45) is 0 Å². The second-order valence-corrected chi connectivity index (χ2v) is 8.26. The minimum atomic E-state index is -1.51. The maximum absolute atomic E-state index is 12.5. The molecule has 3 rings (SSSR count). The molecule has 0 aromatic carbocycles. The van der Waals surface area contributed by atoms with Gasteiger partial charge < -0.3 is 20.0 Å². The number of hydrogen-bond acceptors (Lipinski definition) is 8. The normalized spacial score (nSPS) is 21.8. The van der Waals surface area contributed by atoms with Crippen LogP contribution in [0.3, 0.4) is 0 Å². The van der Waals surface area contributed by atoms with E-state index >= 15 is 0 Å². The van der Waals surface area contributed by atoms with Crippen molar-refractivity contribution in [2.75, 3.05) is 5.75 Å². The van der Waals surface area contributed by atoms with Gasteiger partial charge in [-0.15, -0.1) is 23.1 Å². The van der Waals surface area contributed by atoms with Crippen molar-refractivity contribution in [1.29, 1.82) is 0 Å². The van der Waals surface area contributed by atoms with E-state index in [0.717, 1.165) is 9.78 Å². The van der Waals surface area contributed by atoms with Gasteiger partial charge >= 0.3 is 35.5 Å². The predicted octanol–water partition coefficient (Wildman–Crippen LogP) is -3.35. The van der Waals surface area contributed by atoms with Crippen molar-refractivity contribution in [3.63, 3.8) is 0 Å². The van der Waals surface area contributed by atoms with Crippen molar-refractivity contribution in [3.8, 4) is 0 Å². The smallest absolute Gasteiger partial charge is 0.543 e. The minimum Gasteiger partial charge on any atom is -0.543 e. The second kappa shape index (κ2) is 9.45. The van der Waals surface area contributed by atoms with E-state index in [9.17, 15) is 24.3 Å². The molecule has 1 unspecified atom stereocenters. The first-order valence-corrected chi connectivity index (χ1v) is 10.1. The van der Waals surface area contributed by atoms with Gasteiger partial charge in [-0.2, -0.15) is 0 Å². The summed E-state index contributed by atoms with van der Waals surface area (Å²) in [6.07, 6.45) is -0.624. The van der Waals surface area contributed by atoms with Gasteiger partial charge in [0.1, 0.15) is 17.5 Å². The van der Waals surface area contributed by atoms with Crippen LogP contribution in [0, 0.1) is 0 Å². The van der Waals surface area contributed by atoms with E-state index in [0.29, 0.717) is 5.57 Å². The van der Waals surface area contributed by atoms with Gasteiger partial charge in [-0.05, 0) is 18.4 Å². The fraction of sp³-hybridized carbons (Fsp3) is 0.412. The molecule has 8 nitrogen and oxygen atoms in total. The molecule has 1 N–H and O–H groups in total. The van der Waals surface area contributed by atoms with E-state index in [1.54, 1.807) is 6.92 Å². The average molecular weight is 432 g/mol. The molecule has 1 saturated heterocycles. The number of esters is 1. The number of hydrogen-bond donors (Lipinski definition) is 1. The van der Waals surface area contributed by atoms with Crippen LogP contribution in [-0.2, 0) is 30.3 Å². The quantitative estimate of drug-likeness (QED) is 0.284. The van der Waals surface area contributed by atoms with Crippen LogP contribution in [0.2, 0.25) is 0 Å². The maximum atomic E-state index is 12.5. The fourth-order valence-electron chi connectivity index (χ4n) is 3.06. The summed E-state index contributed by atoms with van der Waals surface area (Å²) < 4.78 is 5.06. The number of fused-ring (bicyclic) bond motifs is 1. The molecule has 3 atom stereocenters. The van der Waals surface area contributed by atoms with E-state index in [-0.39, 0.29) is 53.3 Å². The number of thiophene rings is 1. The number of thioether (sulfide) groups is 1. The van der Waals surface area contributed by atoms with Gasteiger partial charge in [-0.25, -0.2) is 0 Å². The molecule has 3 heterocycles. The second-order valence-electron chi connectivity index (χ2n) is 6.12. The predicted molar refractivity (Wildman–Crippen MR) is 96.3 cm³/mol. The van der Waals surface area contributed by atoms with Crippen LogP contribution in [0.25, 0.3) is 0 Å². The molecule has 2 aliphatic rings. The topological polar surface area (TPSA) is 116 Å². The van der Waals surface area contributed by atoms with E-state index in [4.69, 9.17) is 4.74 Å². The molecular formula is C17H17N2NaO6S2. The van der Waals surface area contributed by atoms with Crippen LogP contribution in [0.1, 0.15) is 18.7 Å². The number of β-lactam (4-membered cyclic amide) rings is 1. The molecule has 28 heavy (non-hydrogen) atoms. The zero-order valence-corrected chi connectivity index (χ0v) is 19.2. The Balaban J connectivity index is 0.00000280. The number of aliphatic carboxylic acids is 1. The molecule has 0 aliphatic carbocycles. The third kappa shape index (κ3) is 4.62. The molecule has 0 bridgehead atoms. The van der Waals surface area contributed by atoms with Crippen LogP contribution in [-0.4, -0.2) is 51.9 Å². The molecule has 1 aromatic rings. The SMILES string of the molecule is CC(=O)OC(C)C1=C(C(=O)[O-])N2C(=O)[C@@H](NC(=O)Cc3cccs3)[C@H]2SC1.[Na+]. The summed E-state index contributed by atoms with van der Waals surface area (Å²) in [5.74, 6) is -2.61. The third-order valence-electron chi connectivity index (χ3n) is 4.26. The third-order valence-corrected chi connectivity index (χ3v) is 6.43. The van der Waals surface area contributed by atoms with Crippen molar-refractivity contribution in [3.05, 3.63) is 33.7 Å². The van der Waals surface area contributed by atoms with E-state index < -0.39 is 35.4 Å². The number of carboxylic acid groups (broad SMARTS) is 1. The summed E-state index contributed by atoms with van der Waals surface area (Å²) in [7, 11) is 0. The monoisotopic (exact) mass is 432 g/mol. The number of carbonyl (C=O) groups excluding carboxylic acids is 4. The zero-order valence-electron chi connectivity index (χ0n) is 15.6. The molecular weight excluding hydrogens is 415 g/mol. The van der Waals surface area contributed by atoms with Gasteiger partial charge in [0.25, 0.3) is 5.91 Å². The van der Waals surface area contributed by atoms with Crippen LogP contribution >= 0.6 is 23.1 Å². The Bertz CT molecular complexity index is 826. The van der Waals surface area contributed by atoms with E-state index in [1.807, 2.05) is 17.5 Å². The van der Waals surface area contributed by atoms with Gasteiger partial charge in [0.05, 0.1) is 18.1 Å². The van der Waals surface area contributed by atoms with Gasteiger partial charge in [0, 0.05) is 23.1 Å². The number of amides is 2. The van der Waals surface area contributed by atoms with Crippen LogP contribution in [0.5, 0.6) is 0 Å². The van der Waals surface area contributed by atoms with E-state index in [2.05, 4.69) is 5.32 Å². The summed E-state index contributed by atoms with van der Waals surface area (Å²) in [6.45, 7) is 2.77. The molecule has 0 spiro atoms. The van der Waals surface area contributed by atoms with Crippen LogP contribution in [0.15, 0.2) is 28.8 Å². The summed E-state index contributed by atoms with van der Waals surface area (Å²) in [5, 5.41) is 15.6. The number of carbonyl (C=O) groups is 4. The first-order chi connectivity index (χ1) is 12.8. The van der Waals surface area contributed by atoms with Gasteiger partial charge in [0.2, 0.25) is 5.91 Å². The Morgan fingerprint density at radius 2 is 2.14 bits per heavy atom. The maximum Gasteiger partial charge on any atom is 1.00 e. The number of nitrogens with zero attached hydrogens (tertiary/aromatic N) is 1. The average Bonchev–Trinajstić information content (AvgIpc) is 3.10. The first kappa shape index (κ1) is 23.0. The Morgan fingerprint density at radius 1 is 1.43 bits per heavy atom. The van der Waals surface area contributed by atoms with Crippen LogP contribution < -0.4 is 40.0 Å².